The molecule has 0 radical (unpaired) electrons. The second-order valence-corrected chi connectivity index (χ2v) is 6.36. The number of nitrogens with one attached hydrogen (secondary N) is 2. The first kappa shape index (κ1) is 16.3. The van der Waals surface area contributed by atoms with Crippen molar-refractivity contribution < 1.29 is 4.79 Å². The maximum absolute atomic E-state index is 13.0. The number of tetrazole rings is 1. The maximum Gasteiger partial charge on any atom is 0.247 e. The number of rotatable bonds is 3. The number of para-hydroxylation sites is 1. The lowest BCUT2D eigenvalue weighted by Gasteiger charge is -2.33. The molecule has 0 saturated carbocycles. The van der Waals surface area contributed by atoms with Gasteiger partial charge in [-0.05, 0) is 40.3 Å². The summed E-state index contributed by atoms with van der Waals surface area (Å²) in [6.07, 6.45) is 0. The molecule has 130 valence electrons. The molecule has 2 aromatic carbocycles. The summed E-state index contributed by atoms with van der Waals surface area (Å²) >= 11 is 6.01. The minimum atomic E-state index is -0.604. The van der Waals surface area contributed by atoms with E-state index < -0.39 is 12.0 Å². The Morgan fingerprint density at radius 2 is 1.88 bits per heavy atom. The molecule has 1 aliphatic rings. The first-order valence-electron chi connectivity index (χ1n) is 7.98. The Morgan fingerprint density at radius 1 is 1.15 bits per heavy atom. The van der Waals surface area contributed by atoms with Crippen LogP contribution in [-0.4, -0.2) is 26.1 Å². The first-order chi connectivity index (χ1) is 12.6. The molecule has 2 heterocycles. The van der Waals surface area contributed by atoms with Crippen LogP contribution in [0.2, 0.25) is 5.02 Å². The second kappa shape index (κ2) is 6.61. The van der Waals surface area contributed by atoms with Crippen molar-refractivity contribution in [2.75, 3.05) is 10.6 Å². The van der Waals surface area contributed by atoms with E-state index in [1.165, 1.54) is 0 Å². The Bertz CT molecular complexity index is 953. The summed E-state index contributed by atoms with van der Waals surface area (Å²) in [7, 11) is 0. The van der Waals surface area contributed by atoms with Crippen LogP contribution in [0.4, 0.5) is 11.6 Å². The van der Waals surface area contributed by atoms with Gasteiger partial charge >= 0.3 is 0 Å². The Labute approximate surface area is 154 Å². The number of nitrogens with zero attached hydrogens (tertiary/aromatic N) is 4. The highest BCUT2D eigenvalue weighted by molar-refractivity contribution is 6.30. The van der Waals surface area contributed by atoms with Crippen molar-refractivity contribution in [2.45, 2.75) is 6.04 Å². The van der Waals surface area contributed by atoms with Gasteiger partial charge in [-0.15, -0.1) is 0 Å². The Balaban J connectivity index is 1.74. The van der Waals surface area contributed by atoms with E-state index in [1.54, 1.807) is 16.8 Å². The van der Waals surface area contributed by atoms with Gasteiger partial charge in [0.25, 0.3) is 0 Å². The van der Waals surface area contributed by atoms with Gasteiger partial charge in [-0.25, -0.2) is 4.68 Å². The smallest absolute Gasteiger partial charge is 0.247 e. The molecule has 0 spiro atoms. The van der Waals surface area contributed by atoms with Crippen LogP contribution in [0.25, 0.3) is 0 Å². The fourth-order valence-electron chi connectivity index (χ4n) is 3.05. The Kier molecular flexibility index (Phi) is 4.14. The Hall–Kier alpha value is -3.19. The van der Waals surface area contributed by atoms with Gasteiger partial charge in [0.2, 0.25) is 11.9 Å². The third-order valence-electron chi connectivity index (χ3n) is 4.26. The number of aromatic nitrogens is 4. The van der Waals surface area contributed by atoms with Gasteiger partial charge in [-0.2, -0.15) is 0 Å². The lowest BCUT2D eigenvalue weighted by atomic mass is 9.88. The van der Waals surface area contributed by atoms with Crippen LogP contribution in [0, 0.1) is 5.92 Å². The number of anilines is 2. The molecule has 1 aromatic heterocycles. The molecule has 3 aromatic rings. The zero-order valence-electron chi connectivity index (χ0n) is 13.6. The Morgan fingerprint density at radius 3 is 2.62 bits per heavy atom. The molecule has 1 aliphatic heterocycles. The molecule has 1 amide bonds. The summed E-state index contributed by atoms with van der Waals surface area (Å²) in [6.45, 7) is 4.02. The van der Waals surface area contributed by atoms with E-state index in [1.807, 2.05) is 42.5 Å². The molecular weight excluding hydrogens is 352 g/mol. The van der Waals surface area contributed by atoms with E-state index in [2.05, 4.69) is 32.7 Å². The number of amides is 1. The van der Waals surface area contributed by atoms with Gasteiger partial charge in [-0.1, -0.05) is 53.6 Å². The van der Waals surface area contributed by atoms with Gasteiger partial charge < -0.3 is 10.6 Å². The molecular formula is C18H15ClN6O. The second-order valence-electron chi connectivity index (χ2n) is 5.93. The van der Waals surface area contributed by atoms with Crippen LogP contribution < -0.4 is 10.6 Å². The summed E-state index contributed by atoms with van der Waals surface area (Å²) in [5.41, 5.74) is 2.10. The zero-order chi connectivity index (χ0) is 18.1. The van der Waals surface area contributed by atoms with Crippen LogP contribution >= 0.6 is 11.6 Å². The topological polar surface area (TPSA) is 84.7 Å². The molecule has 4 rings (SSSR count). The van der Waals surface area contributed by atoms with E-state index >= 15 is 0 Å². The number of benzene rings is 2. The van der Waals surface area contributed by atoms with E-state index in [-0.39, 0.29) is 5.91 Å². The van der Waals surface area contributed by atoms with Gasteiger partial charge in [0.1, 0.15) is 5.92 Å². The minimum Gasteiger partial charge on any atom is -0.326 e. The van der Waals surface area contributed by atoms with Crippen LogP contribution in [0.3, 0.4) is 0 Å². The quantitative estimate of drug-likeness (QED) is 0.744. The van der Waals surface area contributed by atoms with Crippen molar-refractivity contribution in [3.05, 3.63) is 77.5 Å². The number of halogens is 1. The van der Waals surface area contributed by atoms with Crippen molar-refractivity contribution in [3.63, 3.8) is 0 Å². The van der Waals surface area contributed by atoms with E-state index in [0.717, 1.165) is 5.56 Å². The van der Waals surface area contributed by atoms with Crippen LogP contribution in [-0.2, 0) is 4.79 Å². The predicted molar refractivity (Wildman–Crippen MR) is 98.7 cm³/mol. The molecule has 0 aliphatic carbocycles. The third kappa shape index (κ3) is 2.93. The monoisotopic (exact) mass is 366 g/mol. The predicted octanol–water partition coefficient (Wildman–Crippen LogP) is 3.11. The first-order valence-corrected chi connectivity index (χ1v) is 8.36. The minimum absolute atomic E-state index is 0.199. The molecule has 26 heavy (non-hydrogen) atoms. The van der Waals surface area contributed by atoms with Gasteiger partial charge in [0.05, 0.1) is 6.04 Å². The molecule has 2 unspecified atom stereocenters. The van der Waals surface area contributed by atoms with Crippen molar-refractivity contribution in [1.82, 2.24) is 20.2 Å². The van der Waals surface area contributed by atoms with Crippen molar-refractivity contribution >= 4 is 29.1 Å². The van der Waals surface area contributed by atoms with Crippen LogP contribution in [0.1, 0.15) is 11.6 Å². The van der Waals surface area contributed by atoms with Crippen LogP contribution in [0.5, 0.6) is 0 Å². The summed E-state index contributed by atoms with van der Waals surface area (Å²) in [5, 5.41) is 18.3. The molecule has 7 nitrogen and oxygen atoms in total. The molecule has 0 fully saturated rings. The maximum atomic E-state index is 13.0. The summed E-state index contributed by atoms with van der Waals surface area (Å²) in [4.78, 5) is 13.0. The number of fused-ring (bicyclic) bond motifs is 1. The van der Waals surface area contributed by atoms with Crippen molar-refractivity contribution in [2.24, 2.45) is 5.92 Å². The molecule has 8 heteroatoms. The average Bonchev–Trinajstić information content (AvgIpc) is 3.10. The molecule has 0 bridgehead atoms. The van der Waals surface area contributed by atoms with Gasteiger partial charge in [0, 0.05) is 16.4 Å². The fraction of sp³-hybridized carbons (Fsp3) is 0.111. The molecule has 2 atom stereocenters. The lowest BCUT2D eigenvalue weighted by Crippen LogP contribution is -2.39. The van der Waals surface area contributed by atoms with E-state index in [0.29, 0.717) is 22.4 Å². The molecule has 0 saturated heterocycles. The van der Waals surface area contributed by atoms with Gasteiger partial charge in [-0.3, -0.25) is 4.79 Å². The number of carbonyl (C=O) groups is 1. The average molecular weight is 367 g/mol. The fourth-order valence-corrected chi connectivity index (χ4v) is 3.18. The summed E-state index contributed by atoms with van der Waals surface area (Å²) in [6, 6.07) is 16.1. The summed E-state index contributed by atoms with van der Waals surface area (Å²) in [5.74, 6) is -0.360. The van der Waals surface area contributed by atoms with E-state index in [4.69, 9.17) is 11.6 Å². The molecule has 2 N–H and O–H groups in total. The standard InChI is InChI=1S/C18H15ClN6O/c1-11-15(17(26)21-14-5-3-2-4-6-14)16(12-7-9-13(19)10-8-12)25-18(20-11)22-23-24-25/h2-10,15-16H,1H2,(H,21,26)(H,20,22,24). The highest BCUT2D eigenvalue weighted by Crippen LogP contribution is 2.37. The lowest BCUT2D eigenvalue weighted by molar-refractivity contribution is -0.119. The zero-order valence-corrected chi connectivity index (χ0v) is 14.4. The normalized spacial score (nSPS) is 18.7. The highest BCUT2D eigenvalue weighted by Gasteiger charge is 2.40. The van der Waals surface area contributed by atoms with E-state index in [9.17, 15) is 4.79 Å². The number of carbonyl (C=O) groups excluding carboxylic acids is 1. The number of hydrogen-bond acceptors (Lipinski definition) is 5. The van der Waals surface area contributed by atoms with Crippen molar-refractivity contribution in [1.29, 1.82) is 0 Å². The largest absolute Gasteiger partial charge is 0.326 e. The third-order valence-corrected chi connectivity index (χ3v) is 4.51. The summed E-state index contributed by atoms with van der Waals surface area (Å²) < 4.78 is 1.59. The number of hydrogen-bond donors (Lipinski definition) is 2. The SMILES string of the molecule is C=C1Nc2nnnn2C(c2ccc(Cl)cc2)C1C(=O)Nc1ccccc1. The van der Waals surface area contributed by atoms with Gasteiger partial charge in [0.15, 0.2) is 0 Å². The highest BCUT2D eigenvalue weighted by atomic mass is 35.5. The van der Waals surface area contributed by atoms with Crippen LogP contribution in [0.15, 0.2) is 66.9 Å². The van der Waals surface area contributed by atoms with Crippen molar-refractivity contribution in [3.8, 4) is 0 Å².